The third kappa shape index (κ3) is 5.26. The van der Waals surface area contributed by atoms with Crippen molar-refractivity contribution in [2.75, 3.05) is 5.32 Å². The number of carbonyl (C=O) groups is 2. The molecule has 0 saturated heterocycles. The maximum absolute atomic E-state index is 13.6. The van der Waals surface area contributed by atoms with Gasteiger partial charge in [0.15, 0.2) is 5.76 Å². The summed E-state index contributed by atoms with van der Waals surface area (Å²) in [5, 5.41) is 3.61. The molecule has 0 aliphatic heterocycles. The number of benzene rings is 1. The second kappa shape index (κ2) is 10.5. The first-order chi connectivity index (χ1) is 18.2. The number of hydrogen-bond acceptors (Lipinski definition) is 7. The van der Waals surface area contributed by atoms with E-state index in [9.17, 15) is 18.4 Å². The second-order valence-electron chi connectivity index (χ2n) is 8.12. The molecule has 0 spiro atoms. The molecular weight excluding hydrogens is 556 g/mol. The van der Waals surface area contributed by atoms with Gasteiger partial charge in [-0.3, -0.25) is 9.59 Å². The molecule has 4 aromatic heterocycles. The smallest absolute Gasteiger partial charge is 0.291 e. The molecule has 4 heterocycles. The molecule has 0 fully saturated rings. The molecule has 0 radical (unpaired) electrons. The van der Waals surface area contributed by atoms with Crippen LogP contribution in [0.3, 0.4) is 0 Å². The highest BCUT2D eigenvalue weighted by atomic mass is 35.5. The number of rotatable bonds is 8. The van der Waals surface area contributed by atoms with Gasteiger partial charge in [0.25, 0.3) is 18.2 Å². The van der Waals surface area contributed by atoms with E-state index in [0.717, 1.165) is 16.2 Å². The van der Waals surface area contributed by atoms with E-state index in [-0.39, 0.29) is 27.8 Å². The Labute approximate surface area is 227 Å². The first kappa shape index (κ1) is 25.8. The predicted molar refractivity (Wildman–Crippen MR) is 144 cm³/mol. The average molecular weight is 574 g/mol. The van der Waals surface area contributed by atoms with Crippen molar-refractivity contribution < 1.29 is 27.5 Å². The van der Waals surface area contributed by atoms with Crippen LogP contribution in [0.2, 0.25) is 5.02 Å². The van der Waals surface area contributed by atoms with Crippen molar-refractivity contribution in [1.29, 1.82) is 0 Å². The molecule has 0 aliphatic carbocycles. The van der Waals surface area contributed by atoms with Crippen LogP contribution in [0.1, 0.15) is 43.0 Å². The van der Waals surface area contributed by atoms with Crippen LogP contribution in [0.15, 0.2) is 59.0 Å². The monoisotopic (exact) mass is 573 g/mol. The molecule has 0 bridgehead atoms. The lowest BCUT2D eigenvalue weighted by Gasteiger charge is -2.09. The summed E-state index contributed by atoms with van der Waals surface area (Å²) in [7, 11) is 0. The Hall–Kier alpha value is -3.80. The normalized spacial score (nSPS) is 11.3. The van der Waals surface area contributed by atoms with Crippen molar-refractivity contribution >= 4 is 62.0 Å². The molecular formula is C26H18ClF2N3O4S2. The van der Waals surface area contributed by atoms with Gasteiger partial charge in [-0.25, -0.2) is 13.8 Å². The molecule has 7 nitrogen and oxygen atoms in total. The predicted octanol–water partition coefficient (Wildman–Crippen LogP) is 7.45. The molecule has 0 aliphatic rings. The number of nitrogens with two attached hydrogens (primary N) is 1. The molecule has 194 valence electrons. The summed E-state index contributed by atoms with van der Waals surface area (Å²) in [6, 6.07) is 14.7. The molecule has 3 N–H and O–H groups in total. The number of furan rings is 1. The summed E-state index contributed by atoms with van der Waals surface area (Å²) < 4.78 is 38.6. The van der Waals surface area contributed by atoms with Gasteiger partial charge in [-0.2, -0.15) is 0 Å². The molecule has 2 amide bonds. The highest BCUT2D eigenvalue weighted by Gasteiger charge is 2.26. The van der Waals surface area contributed by atoms with E-state index in [1.807, 2.05) is 13.0 Å². The number of pyridine rings is 1. The standard InChI is InChI=1S/C26H18ClF2N3O4S2/c1-12-2-9-19(37-12)16-10-17(23(28)29)31-26-20(16)21(22(38-26)24(30)33)32-25(34)18-8-7-15(36-18)11-35-14-5-3-13(27)4-6-14/h2-10,23H,11H2,1H3,(H2,30,33)(H,32,34). The van der Waals surface area contributed by atoms with E-state index >= 15 is 0 Å². The van der Waals surface area contributed by atoms with Crippen molar-refractivity contribution in [2.24, 2.45) is 5.73 Å². The highest BCUT2D eigenvalue weighted by molar-refractivity contribution is 7.21. The number of alkyl halides is 2. The summed E-state index contributed by atoms with van der Waals surface area (Å²) in [5.41, 5.74) is 5.66. The minimum Gasteiger partial charge on any atom is -0.486 e. The molecule has 0 atom stereocenters. The number of aromatic nitrogens is 1. The van der Waals surface area contributed by atoms with Crippen LogP contribution in [0.25, 0.3) is 20.7 Å². The van der Waals surface area contributed by atoms with Gasteiger partial charge in [0, 0.05) is 25.7 Å². The quantitative estimate of drug-likeness (QED) is 0.200. The van der Waals surface area contributed by atoms with Gasteiger partial charge >= 0.3 is 0 Å². The number of amides is 2. The van der Waals surface area contributed by atoms with Crippen LogP contribution in [0.4, 0.5) is 14.5 Å². The van der Waals surface area contributed by atoms with Crippen molar-refractivity contribution in [1.82, 2.24) is 4.98 Å². The van der Waals surface area contributed by atoms with Gasteiger partial charge in [-0.1, -0.05) is 11.6 Å². The Morgan fingerprint density at radius 1 is 1.13 bits per heavy atom. The number of ether oxygens (including phenoxy) is 1. The Balaban J connectivity index is 1.48. The van der Waals surface area contributed by atoms with Crippen LogP contribution in [0.5, 0.6) is 5.75 Å². The first-order valence-electron chi connectivity index (χ1n) is 11.1. The SMILES string of the molecule is Cc1ccc(-c2cc(C(F)F)nc3sc(C(N)=O)c(NC(=O)c4ccc(COc5ccc(Cl)cc5)o4)c23)s1. The number of nitrogens with zero attached hydrogens (tertiary/aromatic N) is 1. The summed E-state index contributed by atoms with van der Waals surface area (Å²) >= 11 is 8.10. The Bertz CT molecular complexity index is 1660. The summed E-state index contributed by atoms with van der Waals surface area (Å²) in [6.45, 7) is 1.95. The van der Waals surface area contributed by atoms with E-state index in [1.54, 1.807) is 36.4 Å². The number of anilines is 1. The molecule has 0 unspecified atom stereocenters. The fourth-order valence-electron chi connectivity index (χ4n) is 3.73. The number of primary amides is 1. The fraction of sp³-hybridized carbons (Fsp3) is 0.115. The van der Waals surface area contributed by atoms with Crippen molar-refractivity contribution in [3.8, 4) is 16.2 Å². The molecule has 5 rings (SSSR count). The van der Waals surface area contributed by atoms with Gasteiger partial charge in [0.1, 0.15) is 33.5 Å². The minimum absolute atomic E-state index is 0.0142. The van der Waals surface area contributed by atoms with Gasteiger partial charge in [-0.05, 0) is 61.5 Å². The minimum atomic E-state index is -2.83. The van der Waals surface area contributed by atoms with Crippen LogP contribution in [-0.2, 0) is 6.61 Å². The zero-order valence-corrected chi connectivity index (χ0v) is 22.0. The molecule has 5 aromatic rings. The van der Waals surface area contributed by atoms with Gasteiger partial charge < -0.3 is 20.2 Å². The summed E-state index contributed by atoms with van der Waals surface area (Å²) in [4.78, 5) is 31.2. The Morgan fingerprint density at radius 3 is 2.55 bits per heavy atom. The van der Waals surface area contributed by atoms with Crippen LogP contribution >= 0.6 is 34.3 Å². The highest BCUT2D eigenvalue weighted by Crippen LogP contribution is 2.44. The summed E-state index contributed by atoms with van der Waals surface area (Å²) in [6.07, 6.45) is -2.83. The Morgan fingerprint density at radius 2 is 1.89 bits per heavy atom. The third-order valence-corrected chi connectivity index (χ3v) is 7.84. The maximum atomic E-state index is 13.6. The Kier molecular flexibility index (Phi) is 7.15. The number of halogens is 3. The number of fused-ring (bicyclic) bond motifs is 1. The van der Waals surface area contributed by atoms with Gasteiger partial charge in [0.2, 0.25) is 0 Å². The molecule has 1 aromatic carbocycles. The molecule has 12 heteroatoms. The second-order valence-corrected chi connectivity index (χ2v) is 10.8. The summed E-state index contributed by atoms with van der Waals surface area (Å²) in [5.74, 6) is -0.573. The van der Waals surface area contributed by atoms with Crippen LogP contribution in [-0.4, -0.2) is 16.8 Å². The molecule has 0 saturated carbocycles. The van der Waals surface area contributed by atoms with Crippen molar-refractivity contribution in [3.63, 3.8) is 0 Å². The van der Waals surface area contributed by atoms with E-state index in [4.69, 9.17) is 26.5 Å². The number of hydrogen-bond donors (Lipinski definition) is 2. The van der Waals surface area contributed by atoms with Gasteiger partial charge in [0.05, 0.1) is 5.69 Å². The zero-order valence-electron chi connectivity index (χ0n) is 19.6. The van der Waals surface area contributed by atoms with E-state index in [1.165, 1.54) is 23.5 Å². The molecule has 38 heavy (non-hydrogen) atoms. The maximum Gasteiger partial charge on any atom is 0.291 e. The third-order valence-electron chi connectivity index (χ3n) is 5.45. The van der Waals surface area contributed by atoms with Crippen molar-refractivity contribution in [2.45, 2.75) is 20.0 Å². The average Bonchev–Trinajstić information content (AvgIpc) is 3.62. The largest absolute Gasteiger partial charge is 0.486 e. The lowest BCUT2D eigenvalue weighted by Crippen LogP contribution is -2.16. The number of carbonyl (C=O) groups excluding carboxylic acids is 2. The lowest BCUT2D eigenvalue weighted by molar-refractivity contribution is 0.0992. The first-order valence-corrected chi connectivity index (χ1v) is 13.1. The van der Waals surface area contributed by atoms with Crippen LogP contribution < -0.4 is 15.8 Å². The van der Waals surface area contributed by atoms with Crippen LogP contribution in [0, 0.1) is 6.92 Å². The van der Waals surface area contributed by atoms with Gasteiger partial charge in [-0.15, -0.1) is 22.7 Å². The van der Waals surface area contributed by atoms with Crippen molar-refractivity contribution in [3.05, 3.63) is 86.6 Å². The zero-order chi connectivity index (χ0) is 27.0. The number of thiophene rings is 2. The fourth-order valence-corrected chi connectivity index (χ4v) is 5.76. The number of aryl methyl sites for hydroxylation is 1. The van der Waals surface area contributed by atoms with E-state index < -0.39 is 23.9 Å². The van der Waals surface area contributed by atoms with E-state index in [2.05, 4.69) is 10.3 Å². The lowest BCUT2D eigenvalue weighted by atomic mass is 10.1. The topological polar surface area (TPSA) is 107 Å². The number of nitrogens with one attached hydrogen (secondary N) is 1. The van der Waals surface area contributed by atoms with E-state index in [0.29, 0.717) is 32.4 Å².